The van der Waals surface area contributed by atoms with Gasteiger partial charge in [0.1, 0.15) is 0 Å². The monoisotopic (exact) mass is 381 g/mol. The van der Waals surface area contributed by atoms with Crippen molar-refractivity contribution in [2.45, 2.75) is 96.1 Å². The average Bonchev–Trinajstić information content (AvgIpc) is 2.56. The van der Waals surface area contributed by atoms with Crippen LogP contribution in [0.1, 0.15) is 85.3 Å². The van der Waals surface area contributed by atoms with Gasteiger partial charge in [0.05, 0.1) is 20.1 Å². The molecule has 0 bridgehead atoms. The summed E-state index contributed by atoms with van der Waals surface area (Å²) in [5, 5.41) is 9.88. The standard InChI is InChI=1S/C18H38NO5P/c1-2-3-4-5-6-7-8-9-10-11-12-13-14-15-18(20)17(19)16-24-25(21,22)23/h14-15,17-18,20H,2-13,16,19H2,1H3,(H2,21,22,23)/b15-14+/t17-,18+/m0/s1/i18T. The van der Waals surface area contributed by atoms with E-state index in [9.17, 15) is 9.67 Å². The SMILES string of the molecule is [3H][C@@](O)(/C=C/CCCCCCCCCCCCC)[C@@H](N)COP(=O)(O)O. The molecule has 0 amide bonds. The van der Waals surface area contributed by atoms with Crippen LogP contribution in [0.5, 0.6) is 0 Å². The maximum absolute atomic E-state index is 10.6. The Morgan fingerprint density at radius 1 is 1.04 bits per heavy atom. The highest BCUT2D eigenvalue weighted by molar-refractivity contribution is 7.46. The number of rotatable bonds is 17. The minimum absolute atomic E-state index is 0.590. The van der Waals surface area contributed by atoms with E-state index in [1.807, 2.05) is 0 Å². The summed E-state index contributed by atoms with van der Waals surface area (Å²) in [6.07, 6.45) is 15.5. The number of hydrogen-bond donors (Lipinski definition) is 4. The summed E-state index contributed by atoms with van der Waals surface area (Å²) in [7, 11) is -4.65. The summed E-state index contributed by atoms with van der Waals surface area (Å²) in [5.41, 5.74) is 5.55. The van der Waals surface area contributed by atoms with Crippen molar-refractivity contribution >= 4 is 7.82 Å². The number of phosphoric acid groups is 1. The quantitative estimate of drug-likeness (QED) is 0.172. The van der Waals surface area contributed by atoms with Crippen molar-refractivity contribution in [3.63, 3.8) is 0 Å². The van der Waals surface area contributed by atoms with E-state index >= 15 is 0 Å². The maximum Gasteiger partial charge on any atom is 0.469 e. The summed E-state index contributed by atoms with van der Waals surface area (Å²) >= 11 is 0. The molecule has 0 aromatic carbocycles. The van der Waals surface area contributed by atoms with Gasteiger partial charge in [-0.2, -0.15) is 0 Å². The van der Waals surface area contributed by atoms with Gasteiger partial charge in [-0.25, -0.2) is 4.57 Å². The topological polar surface area (TPSA) is 113 Å². The van der Waals surface area contributed by atoms with Crippen molar-refractivity contribution in [1.29, 1.82) is 0 Å². The van der Waals surface area contributed by atoms with Crippen LogP contribution in [0.4, 0.5) is 0 Å². The van der Waals surface area contributed by atoms with Crippen LogP contribution in [0.25, 0.3) is 0 Å². The number of hydrogen-bond acceptors (Lipinski definition) is 4. The molecule has 0 radical (unpaired) electrons. The molecule has 0 unspecified atom stereocenters. The van der Waals surface area contributed by atoms with Gasteiger partial charge in [0.2, 0.25) is 0 Å². The van der Waals surface area contributed by atoms with Crippen LogP contribution >= 0.6 is 7.82 Å². The summed E-state index contributed by atoms with van der Waals surface area (Å²) < 4.78 is 22.5. The van der Waals surface area contributed by atoms with Crippen molar-refractivity contribution < 1.29 is 25.4 Å². The molecule has 0 aliphatic rings. The summed E-state index contributed by atoms with van der Waals surface area (Å²) in [6, 6.07) is -1.23. The molecule has 0 spiro atoms. The average molecular weight is 381 g/mol. The molecular formula is C18H38NO5P. The van der Waals surface area contributed by atoms with Gasteiger partial charge in [-0.05, 0) is 12.8 Å². The first-order valence-electron chi connectivity index (χ1n) is 10.0. The van der Waals surface area contributed by atoms with Crippen LogP contribution in [-0.2, 0) is 9.09 Å². The van der Waals surface area contributed by atoms with Gasteiger partial charge in [0.25, 0.3) is 0 Å². The Balaban J connectivity index is 3.65. The third kappa shape index (κ3) is 18.4. The van der Waals surface area contributed by atoms with E-state index in [2.05, 4.69) is 11.4 Å². The van der Waals surface area contributed by atoms with Crippen molar-refractivity contribution in [3.05, 3.63) is 12.2 Å². The Hall–Kier alpha value is -0.230. The van der Waals surface area contributed by atoms with Crippen LogP contribution < -0.4 is 5.73 Å². The Kier molecular flexibility index (Phi) is 14.6. The van der Waals surface area contributed by atoms with E-state index < -0.39 is 26.6 Å². The summed E-state index contributed by atoms with van der Waals surface area (Å²) in [5.74, 6) is 0. The molecule has 2 atom stereocenters. The number of unbranched alkanes of at least 4 members (excludes halogenated alkanes) is 11. The summed E-state index contributed by atoms with van der Waals surface area (Å²) in [4.78, 5) is 17.2. The molecule has 6 nitrogen and oxygen atoms in total. The number of phosphoric ester groups is 1. The first-order valence-corrected chi connectivity index (χ1v) is 11.1. The van der Waals surface area contributed by atoms with E-state index in [0.29, 0.717) is 0 Å². The van der Waals surface area contributed by atoms with Gasteiger partial charge < -0.3 is 20.6 Å². The zero-order chi connectivity index (χ0) is 19.9. The van der Waals surface area contributed by atoms with Crippen molar-refractivity contribution in [3.8, 4) is 0 Å². The third-order valence-electron chi connectivity index (χ3n) is 4.07. The third-order valence-corrected chi connectivity index (χ3v) is 4.55. The molecule has 0 saturated heterocycles. The van der Waals surface area contributed by atoms with Crippen molar-refractivity contribution in [2.75, 3.05) is 6.61 Å². The lowest BCUT2D eigenvalue weighted by molar-refractivity contribution is 0.129. The molecule has 0 aliphatic carbocycles. The largest absolute Gasteiger partial charge is 0.469 e. The molecule has 5 N–H and O–H groups in total. The van der Waals surface area contributed by atoms with Gasteiger partial charge in [-0.1, -0.05) is 83.3 Å². The lowest BCUT2D eigenvalue weighted by atomic mass is 10.0. The second-order valence-electron chi connectivity index (χ2n) is 6.54. The van der Waals surface area contributed by atoms with Crippen LogP contribution in [0, 0.1) is 0 Å². The normalized spacial score (nSPS) is 16.8. The number of nitrogens with two attached hydrogens (primary N) is 1. The van der Waals surface area contributed by atoms with Crippen molar-refractivity contribution in [1.82, 2.24) is 0 Å². The van der Waals surface area contributed by atoms with Crippen LogP contribution in [0.3, 0.4) is 0 Å². The van der Waals surface area contributed by atoms with E-state index in [-0.39, 0.29) is 0 Å². The molecule has 0 aromatic rings. The second kappa shape index (κ2) is 16.0. The highest BCUT2D eigenvalue weighted by Crippen LogP contribution is 2.35. The van der Waals surface area contributed by atoms with Gasteiger partial charge in [0, 0.05) is 0 Å². The second-order valence-corrected chi connectivity index (χ2v) is 7.78. The lowest BCUT2D eigenvalue weighted by Crippen LogP contribution is -2.37. The molecule has 0 aromatic heterocycles. The van der Waals surface area contributed by atoms with Crippen LogP contribution in [0.15, 0.2) is 12.2 Å². The molecule has 0 saturated carbocycles. The molecular weight excluding hydrogens is 341 g/mol. The fraction of sp³-hybridized carbons (Fsp3) is 0.889. The minimum Gasteiger partial charge on any atom is -0.387 e. The number of allylic oxidation sites excluding steroid dienone is 1. The molecule has 0 aliphatic heterocycles. The predicted octanol–water partition coefficient (Wildman–Crippen LogP) is 4.04. The Labute approximate surface area is 154 Å². The van der Waals surface area contributed by atoms with Gasteiger partial charge in [-0.3, -0.25) is 4.52 Å². The van der Waals surface area contributed by atoms with Crippen molar-refractivity contribution in [2.24, 2.45) is 5.73 Å². The Bertz CT molecular complexity index is 414. The highest BCUT2D eigenvalue weighted by Gasteiger charge is 2.19. The molecule has 0 rings (SSSR count). The highest BCUT2D eigenvalue weighted by atomic mass is 31.2. The van der Waals surface area contributed by atoms with Crippen LogP contribution in [-0.4, -0.2) is 33.6 Å². The first-order chi connectivity index (χ1) is 12.2. The molecule has 25 heavy (non-hydrogen) atoms. The minimum atomic E-state index is -4.65. The number of aliphatic hydroxyl groups is 1. The van der Waals surface area contributed by atoms with Crippen LogP contribution in [0.2, 0.25) is 0 Å². The lowest BCUT2D eigenvalue weighted by Gasteiger charge is -2.15. The molecule has 7 heteroatoms. The fourth-order valence-corrected chi connectivity index (χ4v) is 2.87. The van der Waals surface area contributed by atoms with Gasteiger partial charge >= 0.3 is 7.82 Å². The Morgan fingerprint density at radius 2 is 1.52 bits per heavy atom. The molecule has 150 valence electrons. The first kappa shape index (κ1) is 22.8. The van der Waals surface area contributed by atoms with E-state index in [0.717, 1.165) is 19.3 Å². The Morgan fingerprint density at radius 3 is 2.00 bits per heavy atom. The van der Waals surface area contributed by atoms with Gasteiger partial charge in [-0.15, -0.1) is 0 Å². The van der Waals surface area contributed by atoms with Gasteiger partial charge in [0.15, 0.2) is 0 Å². The maximum atomic E-state index is 10.6. The molecule has 0 heterocycles. The predicted molar refractivity (Wildman–Crippen MR) is 102 cm³/mol. The molecule has 0 fully saturated rings. The summed E-state index contributed by atoms with van der Waals surface area (Å²) in [6.45, 7) is 1.64. The van der Waals surface area contributed by atoms with E-state index in [1.54, 1.807) is 6.08 Å². The zero-order valence-corrected chi connectivity index (χ0v) is 16.5. The smallest absolute Gasteiger partial charge is 0.387 e. The fourth-order valence-electron chi connectivity index (χ4n) is 2.52. The van der Waals surface area contributed by atoms with E-state index in [4.69, 9.17) is 16.9 Å². The zero-order valence-electron chi connectivity index (χ0n) is 16.6. The van der Waals surface area contributed by atoms with E-state index in [1.165, 1.54) is 63.9 Å².